The Balaban J connectivity index is 2.01. The maximum Gasteiger partial charge on any atom is 0.127 e. The molecule has 0 aromatic heterocycles. The highest BCUT2D eigenvalue weighted by Crippen LogP contribution is 2.19. The molecule has 0 amide bonds. The maximum atomic E-state index is 13.3. The highest BCUT2D eigenvalue weighted by Gasteiger charge is 2.20. The SMILES string of the molecule is Fc1ccccc1CN1CCC(Br)C1. The summed E-state index contributed by atoms with van der Waals surface area (Å²) in [5.41, 5.74) is 0.800. The van der Waals surface area contributed by atoms with Crippen molar-refractivity contribution in [3.63, 3.8) is 0 Å². The quantitative estimate of drug-likeness (QED) is 0.737. The van der Waals surface area contributed by atoms with E-state index in [1.807, 2.05) is 12.1 Å². The molecule has 1 aliphatic heterocycles. The topological polar surface area (TPSA) is 3.24 Å². The van der Waals surface area contributed by atoms with E-state index in [-0.39, 0.29) is 5.82 Å². The minimum Gasteiger partial charge on any atom is -0.298 e. The lowest BCUT2D eigenvalue weighted by molar-refractivity contribution is 0.326. The molecule has 0 saturated carbocycles. The molecule has 1 fully saturated rings. The molecule has 0 radical (unpaired) electrons. The largest absolute Gasteiger partial charge is 0.298 e. The Labute approximate surface area is 92.0 Å². The van der Waals surface area contributed by atoms with Gasteiger partial charge in [-0.2, -0.15) is 0 Å². The highest BCUT2D eigenvalue weighted by atomic mass is 79.9. The first-order chi connectivity index (χ1) is 6.75. The number of nitrogens with zero attached hydrogens (tertiary/aromatic N) is 1. The lowest BCUT2D eigenvalue weighted by Crippen LogP contribution is -2.20. The van der Waals surface area contributed by atoms with Crippen LogP contribution in [0.5, 0.6) is 0 Å². The first-order valence-electron chi connectivity index (χ1n) is 4.85. The fourth-order valence-corrected chi connectivity index (χ4v) is 2.41. The summed E-state index contributed by atoms with van der Waals surface area (Å²) >= 11 is 3.58. The van der Waals surface area contributed by atoms with Gasteiger partial charge in [-0.15, -0.1) is 0 Å². The fraction of sp³-hybridized carbons (Fsp3) is 0.455. The monoisotopic (exact) mass is 257 g/mol. The first kappa shape index (κ1) is 10.1. The van der Waals surface area contributed by atoms with Crippen LogP contribution in [0.2, 0.25) is 0 Å². The Kier molecular flexibility index (Phi) is 3.19. The zero-order valence-electron chi connectivity index (χ0n) is 7.92. The van der Waals surface area contributed by atoms with Crippen molar-refractivity contribution >= 4 is 15.9 Å². The van der Waals surface area contributed by atoms with Gasteiger partial charge in [0, 0.05) is 23.5 Å². The lowest BCUT2D eigenvalue weighted by Gasteiger charge is -2.15. The molecule has 3 heteroatoms. The van der Waals surface area contributed by atoms with Crippen molar-refractivity contribution in [2.24, 2.45) is 0 Å². The van der Waals surface area contributed by atoms with E-state index in [1.54, 1.807) is 6.07 Å². The van der Waals surface area contributed by atoms with Gasteiger partial charge < -0.3 is 0 Å². The van der Waals surface area contributed by atoms with Crippen LogP contribution in [0.3, 0.4) is 0 Å². The molecule has 0 bridgehead atoms. The molecule has 1 saturated heterocycles. The highest BCUT2D eigenvalue weighted by molar-refractivity contribution is 9.09. The van der Waals surface area contributed by atoms with Crippen LogP contribution in [0.4, 0.5) is 4.39 Å². The average molecular weight is 258 g/mol. The molecule has 0 aliphatic carbocycles. The number of halogens is 2. The van der Waals surface area contributed by atoms with Gasteiger partial charge in [0.25, 0.3) is 0 Å². The normalized spacial score (nSPS) is 22.9. The zero-order chi connectivity index (χ0) is 9.97. The van der Waals surface area contributed by atoms with Gasteiger partial charge in [-0.05, 0) is 19.0 Å². The third-order valence-electron chi connectivity index (χ3n) is 2.57. The number of alkyl halides is 1. The molecule has 1 aromatic rings. The second kappa shape index (κ2) is 4.41. The van der Waals surface area contributed by atoms with Crippen LogP contribution < -0.4 is 0 Å². The summed E-state index contributed by atoms with van der Waals surface area (Å²) in [7, 11) is 0. The third kappa shape index (κ3) is 2.34. The van der Waals surface area contributed by atoms with Gasteiger partial charge in [0.2, 0.25) is 0 Å². The summed E-state index contributed by atoms with van der Waals surface area (Å²) in [5, 5.41) is 0. The summed E-state index contributed by atoms with van der Waals surface area (Å²) in [6.07, 6.45) is 1.16. The van der Waals surface area contributed by atoms with Crippen LogP contribution in [-0.2, 0) is 6.54 Å². The molecular formula is C11H13BrFN. The van der Waals surface area contributed by atoms with Crippen LogP contribution in [0, 0.1) is 5.82 Å². The van der Waals surface area contributed by atoms with Crippen LogP contribution in [0.25, 0.3) is 0 Å². The number of hydrogen-bond donors (Lipinski definition) is 0. The molecule has 1 heterocycles. The van der Waals surface area contributed by atoms with Gasteiger partial charge in [-0.3, -0.25) is 4.90 Å². The summed E-state index contributed by atoms with van der Waals surface area (Å²) < 4.78 is 13.3. The number of rotatable bonds is 2. The van der Waals surface area contributed by atoms with Gasteiger partial charge in [-0.25, -0.2) is 4.39 Å². The van der Waals surface area contributed by atoms with Crippen LogP contribution in [0.15, 0.2) is 24.3 Å². The van der Waals surface area contributed by atoms with Crippen molar-refractivity contribution in [3.8, 4) is 0 Å². The molecule has 1 atom stereocenters. The number of benzene rings is 1. The molecule has 76 valence electrons. The predicted molar refractivity (Wildman–Crippen MR) is 59.0 cm³/mol. The van der Waals surface area contributed by atoms with Gasteiger partial charge in [0.05, 0.1) is 0 Å². The molecule has 0 spiro atoms. The van der Waals surface area contributed by atoms with E-state index < -0.39 is 0 Å². The second-order valence-electron chi connectivity index (χ2n) is 3.71. The fourth-order valence-electron chi connectivity index (χ4n) is 1.80. The second-order valence-corrected chi connectivity index (χ2v) is 5.01. The summed E-state index contributed by atoms with van der Waals surface area (Å²) in [6.45, 7) is 2.81. The van der Waals surface area contributed by atoms with E-state index in [1.165, 1.54) is 6.07 Å². The number of hydrogen-bond acceptors (Lipinski definition) is 1. The lowest BCUT2D eigenvalue weighted by atomic mass is 10.2. The van der Waals surface area contributed by atoms with E-state index in [0.29, 0.717) is 4.83 Å². The first-order valence-corrected chi connectivity index (χ1v) is 5.77. The Morgan fingerprint density at radius 2 is 2.21 bits per heavy atom. The summed E-state index contributed by atoms with van der Waals surface area (Å²) in [5.74, 6) is -0.0921. The van der Waals surface area contributed by atoms with Crippen LogP contribution in [-0.4, -0.2) is 22.8 Å². The smallest absolute Gasteiger partial charge is 0.127 e. The molecule has 14 heavy (non-hydrogen) atoms. The van der Waals surface area contributed by atoms with Crippen molar-refractivity contribution in [1.29, 1.82) is 0 Å². The Bertz CT molecular complexity index is 316. The van der Waals surface area contributed by atoms with E-state index in [4.69, 9.17) is 0 Å². The molecule has 2 rings (SSSR count). The minimum atomic E-state index is -0.0921. The van der Waals surface area contributed by atoms with Gasteiger partial charge in [0.15, 0.2) is 0 Å². The summed E-state index contributed by atoms with van der Waals surface area (Å²) in [6, 6.07) is 7.00. The van der Waals surface area contributed by atoms with Gasteiger partial charge >= 0.3 is 0 Å². The zero-order valence-corrected chi connectivity index (χ0v) is 9.50. The van der Waals surface area contributed by atoms with E-state index >= 15 is 0 Å². The molecular weight excluding hydrogens is 245 g/mol. The number of likely N-dealkylation sites (tertiary alicyclic amines) is 1. The molecule has 1 unspecified atom stereocenters. The standard InChI is InChI=1S/C11H13BrFN/c12-10-5-6-14(8-10)7-9-3-1-2-4-11(9)13/h1-4,10H,5-8H2. The van der Waals surface area contributed by atoms with Crippen molar-refractivity contribution in [2.45, 2.75) is 17.8 Å². The molecule has 1 nitrogen and oxygen atoms in total. The van der Waals surface area contributed by atoms with Crippen LogP contribution >= 0.6 is 15.9 Å². The van der Waals surface area contributed by atoms with Crippen molar-refractivity contribution in [2.75, 3.05) is 13.1 Å². The Morgan fingerprint density at radius 1 is 1.43 bits per heavy atom. The Hall–Kier alpha value is -0.410. The molecule has 1 aromatic carbocycles. The maximum absolute atomic E-state index is 13.3. The van der Waals surface area contributed by atoms with Crippen LogP contribution in [0.1, 0.15) is 12.0 Å². The van der Waals surface area contributed by atoms with Crippen molar-refractivity contribution in [3.05, 3.63) is 35.6 Å². The van der Waals surface area contributed by atoms with Crippen molar-refractivity contribution in [1.82, 2.24) is 4.90 Å². The van der Waals surface area contributed by atoms with Gasteiger partial charge in [0.1, 0.15) is 5.82 Å². The van der Waals surface area contributed by atoms with E-state index in [2.05, 4.69) is 20.8 Å². The molecule has 1 aliphatic rings. The summed E-state index contributed by atoms with van der Waals surface area (Å²) in [4.78, 5) is 2.85. The van der Waals surface area contributed by atoms with Crippen molar-refractivity contribution < 1.29 is 4.39 Å². The third-order valence-corrected chi connectivity index (χ3v) is 3.31. The molecule has 0 N–H and O–H groups in total. The minimum absolute atomic E-state index is 0.0921. The van der Waals surface area contributed by atoms with E-state index in [0.717, 1.165) is 31.6 Å². The average Bonchev–Trinajstić information content (AvgIpc) is 2.56. The van der Waals surface area contributed by atoms with Gasteiger partial charge in [-0.1, -0.05) is 34.1 Å². The predicted octanol–water partition coefficient (Wildman–Crippen LogP) is 2.79. The Morgan fingerprint density at radius 3 is 2.86 bits per heavy atom. The van der Waals surface area contributed by atoms with E-state index in [9.17, 15) is 4.39 Å².